The highest BCUT2D eigenvalue weighted by Gasteiger charge is 2.27. The van der Waals surface area contributed by atoms with Gasteiger partial charge in [0.1, 0.15) is 6.33 Å². The summed E-state index contributed by atoms with van der Waals surface area (Å²) in [5.41, 5.74) is 4.99. The molecule has 3 aliphatic rings. The molecule has 2 aromatic carbocycles. The monoisotopic (exact) mass is 500 g/mol. The van der Waals surface area contributed by atoms with E-state index in [1.54, 1.807) is 6.33 Å². The van der Waals surface area contributed by atoms with Gasteiger partial charge >= 0.3 is 0 Å². The van der Waals surface area contributed by atoms with Crippen molar-refractivity contribution in [1.82, 2.24) is 19.8 Å². The molecule has 0 spiro atoms. The van der Waals surface area contributed by atoms with E-state index in [4.69, 9.17) is 4.74 Å². The Bertz CT molecular complexity index is 1340. The van der Waals surface area contributed by atoms with Gasteiger partial charge in [0.2, 0.25) is 0 Å². The number of ether oxygens (including phenoxy) is 1. The summed E-state index contributed by atoms with van der Waals surface area (Å²) in [5.74, 6) is -0.189. The minimum absolute atomic E-state index is 0.189. The summed E-state index contributed by atoms with van der Waals surface area (Å²) < 4.78 is 5.42. The van der Waals surface area contributed by atoms with Crippen LogP contribution in [0.1, 0.15) is 5.56 Å². The van der Waals surface area contributed by atoms with Crippen LogP contribution in [0.2, 0.25) is 0 Å². The van der Waals surface area contributed by atoms with Crippen molar-refractivity contribution in [2.24, 2.45) is 4.99 Å². The number of likely N-dealkylation sites (N-methyl/N-ethyl adjacent to an activating group) is 1. The van der Waals surface area contributed by atoms with Crippen LogP contribution < -0.4 is 4.90 Å². The molecule has 0 atom stereocenters. The number of hydrogen-bond donors (Lipinski definition) is 0. The predicted octanol–water partition coefficient (Wildman–Crippen LogP) is 3.35. The van der Waals surface area contributed by atoms with Crippen LogP contribution in [0.5, 0.6) is 0 Å². The lowest BCUT2D eigenvalue weighted by Gasteiger charge is -2.34. The van der Waals surface area contributed by atoms with E-state index >= 15 is 0 Å². The number of morpholine rings is 1. The maximum Gasteiger partial charge on any atom is 0.286 e. The topological polar surface area (TPSA) is 74.2 Å². The van der Waals surface area contributed by atoms with Gasteiger partial charge in [0.25, 0.3) is 5.91 Å². The minimum Gasteiger partial charge on any atom is -0.378 e. The van der Waals surface area contributed by atoms with Gasteiger partial charge in [-0.2, -0.15) is 4.99 Å². The molecule has 184 valence electrons. The van der Waals surface area contributed by atoms with Crippen LogP contribution >= 0.6 is 11.8 Å². The van der Waals surface area contributed by atoms with Gasteiger partial charge < -0.3 is 19.4 Å². The molecule has 0 bridgehead atoms. The number of rotatable bonds is 3. The van der Waals surface area contributed by atoms with E-state index in [0.717, 1.165) is 72.2 Å². The fourth-order valence-corrected chi connectivity index (χ4v) is 5.69. The van der Waals surface area contributed by atoms with E-state index in [2.05, 4.69) is 67.0 Å². The summed E-state index contributed by atoms with van der Waals surface area (Å²) in [5, 5.41) is 1.73. The number of amides is 1. The maximum absolute atomic E-state index is 12.6. The Morgan fingerprint density at radius 2 is 1.69 bits per heavy atom. The lowest BCUT2D eigenvalue weighted by atomic mass is 10.0. The first-order chi connectivity index (χ1) is 17.6. The van der Waals surface area contributed by atoms with Gasteiger partial charge in [0.15, 0.2) is 5.17 Å². The summed E-state index contributed by atoms with van der Waals surface area (Å²) >= 11 is 1.43. The van der Waals surface area contributed by atoms with E-state index < -0.39 is 0 Å². The molecule has 0 N–H and O–H groups in total. The summed E-state index contributed by atoms with van der Waals surface area (Å²) in [6.07, 6.45) is 3.53. The summed E-state index contributed by atoms with van der Waals surface area (Å²) in [7, 11) is 2.17. The van der Waals surface area contributed by atoms with Gasteiger partial charge in [-0.05, 0) is 54.7 Å². The van der Waals surface area contributed by atoms with Crippen LogP contribution in [0.25, 0.3) is 28.2 Å². The molecular weight excluding hydrogens is 472 g/mol. The van der Waals surface area contributed by atoms with Crippen LogP contribution in [0.3, 0.4) is 0 Å². The second-order valence-electron chi connectivity index (χ2n) is 9.25. The number of piperazine rings is 1. The Hall–Kier alpha value is -3.27. The van der Waals surface area contributed by atoms with Crippen molar-refractivity contribution in [3.8, 4) is 11.3 Å². The van der Waals surface area contributed by atoms with Crippen molar-refractivity contribution >= 4 is 45.5 Å². The van der Waals surface area contributed by atoms with Crippen LogP contribution in [0.15, 0.2) is 58.7 Å². The fourth-order valence-electron chi connectivity index (χ4n) is 4.73. The number of nitrogens with zero attached hydrogens (tertiary/aromatic N) is 6. The summed E-state index contributed by atoms with van der Waals surface area (Å²) in [6, 6.07) is 14.7. The van der Waals surface area contributed by atoms with E-state index in [1.807, 2.05) is 18.2 Å². The number of amidine groups is 1. The van der Waals surface area contributed by atoms with Crippen LogP contribution in [0.4, 0.5) is 5.69 Å². The van der Waals surface area contributed by atoms with Gasteiger partial charge in [0.05, 0.1) is 29.3 Å². The Labute approximate surface area is 214 Å². The zero-order chi connectivity index (χ0) is 24.5. The largest absolute Gasteiger partial charge is 0.378 e. The number of anilines is 1. The first kappa shape index (κ1) is 23.1. The molecule has 0 unspecified atom stereocenters. The van der Waals surface area contributed by atoms with Gasteiger partial charge in [-0.3, -0.25) is 4.79 Å². The van der Waals surface area contributed by atoms with Gasteiger partial charge in [-0.15, -0.1) is 0 Å². The van der Waals surface area contributed by atoms with Crippen LogP contribution in [-0.4, -0.2) is 90.4 Å². The van der Waals surface area contributed by atoms with Crippen molar-refractivity contribution in [3.05, 3.63) is 59.3 Å². The first-order valence-corrected chi connectivity index (χ1v) is 13.1. The second-order valence-corrected chi connectivity index (χ2v) is 10.3. The lowest BCUT2D eigenvalue weighted by Crippen LogP contribution is -2.44. The Balaban J connectivity index is 1.26. The first-order valence-electron chi connectivity index (χ1n) is 12.3. The standard InChI is InChI=1S/C27H28N6O2S/c1-31-8-10-32(11-9-31)21-5-3-20(4-6-21)25-22-16-19(2-7-23(22)28-18-29-25)17-24-26(34)30-27(36-24)33-12-14-35-15-13-33/h2-7,16-18H,8-15H2,1H3. The normalized spacial score (nSPS) is 20.4. The van der Waals surface area contributed by atoms with Crippen LogP contribution in [0, 0.1) is 0 Å². The van der Waals surface area contributed by atoms with Gasteiger partial charge in [-0.1, -0.05) is 18.2 Å². The third-order valence-corrected chi connectivity index (χ3v) is 7.90. The molecule has 2 fully saturated rings. The average Bonchev–Trinajstić information content (AvgIpc) is 3.29. The highest BCUT2D eigenvalue weighted by molar-refractivity contribution is 8.18. The molecule has 3 aromatic rings. The number of thioether (sulfide) groups is 1. The molecule has 1 amide bonds. The molecule has 0 radical (unpaired) electrons. The fraction of sp³-hybridized carbons (Fsp3) is 0.333. The molecule has 1 aromatic heterocycles. The van der Waals surface area contributed by atoms with Crippen LogP contribution in [-0.2, 0) is 9.53 Å². The number of benzene rings is 2. The van der Waals surface area contributed by atoms with Crippen molar-refractivity contribution < 1.29 is 9.53 Å². The SMILES string of the molecule is CN1CCN(c2ccc(-c3ncnc4ccc(C=C5SC(N6CCOCC6)=NC5=O)cc34)cc2)CC1. The molecule has 4 heterocycles. The quantitative estimate of drug-likeness (QED) is 0.507. The number of carbonyl (C=O) groups is 1. The molecule has 0 saturated carbocycles. The third kappa shape index (κ3) is 4.74. The highest BCUT2D eigenvalue weighted by atomic mass is 32.2. The molecule has 9 heteroatoms. The molecular formula is C27H28N6O2S. The van der Waals surface area contributed by atoms with Crippen molar-refractivity contribution in [3.63, 3.8) is 0 Å². The van der Waals surface area contributed by atoms with E-state index in [1.165, 1.54) is 17.4 Å². The molecule has 3 aliphatic heterocycles. The number of aliphatic imine (C=N–C) groups is 1. The predicted molar refractivity (Wildman–Crippen MR) is 145 cm³/mol. The molecule has 6 rings (SSSR count). The number of fused-ring (bicyclic) bond motifs is 1. The molecule has 8 nitrogen and oxygen atoms in total. The Kier molecular flexibility index (Phi) is 6.43. The van der Waals surface area contributed by atoms with Crippen molar-refractivity contribution in [2.45, 2.75) is 0 Å². The van der Waals surface area contributed by atoms with E-state index in [9.17, 15) is 4.79 Å². The number of hydrogen-bond acceptors (Lipinski definition) is 8. The molecule has 36 heavy (non-hydrogen) atoms. The van der Waals surface area contributed by atoms with Crippen molar-refractivity contribution in [1.29, 1.82) is 0 Å². The van der Waals surface area contributed by atoms with E-state index in [0.29, 0.717) is 18.1 Å². The summed E-state index contributed by atoms with van der Waals surface area (Å²) in [4.78, 5) is 33.5. The Morgan fingerprint density at radius 1 is 0.917 bits per heavy atom. The zero-order valence-corrected chi connectivity index (χ0v) is 21.1. The molecule has 2 saturated heterocycles. The van der Waals surface area contributed by atoms with Crippen molar-refractivity contribution in [2.75, 3.05) is 64.4 Å². The zero-order valence-electron chi connectivity index (χ0n) is 20.3. The smallest absolute Gasteiger partial charge is 0.286 e. The Morgan fingerprint density at radius 3 is 2.47 bits per heavy atom. The highest BCUT2D eigenvalue weighted by Crippen LogP contribution is 2.33. The second kappa shape index (κ2) is 10.0. The minimum atomic E-state index is -0.189. The van der Waals surface area contributed by atoms with Gasteiger partial charge in [-0.25, -0.2) is 9.97 Å². The maximum atomic E-state index is 12.6. The van der Waals surface area contributed by atoms with E-state index in [-0.39, 0.29) is 5.91 Å². The lowest BCUT2D eigenvalue weighted by molar-refractivity contribution is -0.113. The summed E-state index contributed by atoms with van der Waals surface area (Å²) in [6.45, 7) is 7.09. The number of aromatic nitrogens is 2. The third-order valence-electron chi connectivity index (χ3n) is 6.86. The average molecular weight is 501 g/mol. The number of carbonyl (C=O) groups excluding carboxylic acids is 1. The molecule has 0 aliphatic carbocycles. The van der Waals surface area contributed by atoms with Gasteiger partial charge in [0, 0.05) is 55.9 Å².